The Bertz CT molecular complexity index is 769. The highest BCUT2D eigenvalue weighted by atomic mass is 16.6. The van der Waals surface area contributed by atoms with Crippen molar-refractivity contribution in [3.05, 3.63) is 53.9 Å². The Balaban J connectivity index is 1.79. The van der Waals surface area contributed by atoms with E-state index in [9.17, 15) is 4.79 Å². The second kappa shape index (κ2) is 7.46. The lowest BCUT2D eigenvalue weighted by atomic mass is 9.90. The fraction of sp³-hybridized carbons (Fsp3) is 0.429. The zero-order chi connectivity index (χ0) is 18.7. The zero-order valence-corrected chi connectivity index (χ0v) is 15.9. The van der Waals surface area contributed by atoms with Crippen molar-refractivity contribution < 1.29 is 14.3 Å². The topological polar surface area (TPSA) is 51.7 Å². The lowest BCUT2D eigenvalue weighted by Gasteiger charge is -2.32. The Morgan fingerprint density at radius 2 is 2.12 bits per heavy atom. The monoisotopic (exact) mass is 354 g/mol. The van der Waals surface area contributed by atoms with Crippen molar-refractivity contribution in [1.82, 2.24) is 9.88 Å². The van der Waals surface area contributed by atoms with Crippen LogP contribution in [-0.2, 0) is 15.9 Å². The third-order valence-electron chi connectivity index (χ3n) is 4.84. The first-order valence-corrected chi connectivity index (χ1v) is 8.92. The number of hydrogen-bond donors (Lipinski definition) is 0. The van der Waals surface area contributed by atoms with Crippen LogP contribution in [0.1, 0.15) is 38.0 Å². The molecule has 3 rings (SSSR count). The van der Waals surface area contributed by atoms with E-state index in [0.29, 0.717) is 6.61 Å². The largest absolute Gasteiger partial charge is 0.446 e. The van der Waals surface area contributed by atoms with Crippen molar-refractivity contribution in [2.24, 2.45) is 0 Å². The number of aromatic nitrogens is 1. The summed E-state index contributed by atoms with van der Waals surface area (Å²) in [7, 11) is 1.75. The summed E-state index contributed by atoms with van der Waals surface area (Å²) in [5.74, 6) is 0. The summed E-state index contributed by atoms with van der Waals surface area (Å²) >= 11 is 0. The molecule has 1 unspecified atom stereocenters. The minimum atomic E-state index is -0.336. The van der Waals surface area contributed by atoms with Gasteiger partial charge in [-0.15, -0.1) is 0 Å². The molecule has 0 N–H and O–H groups in total. The normalized spacial score (nSPS) is 16.7. The molecule has 5 nitrogen and oxygen atoms in total. The molecule has 1 aliphatic rings. The molecule has 138 valence electrons. The molecule has 1 aliphatic heterocycles. The van der Waals surface area contributed by atoms with Gasteiger partial charge >= 0.3 is 6.09 Å². The molecule has 26 heavy (non-hydrogen) atoms. The Kier molecular flexibility index (Phi) is 5.28. The molecule has 0 saturated carbocycles. The van der Waals surface area contributed by atoms with Crippen LogP contribution >= 0.6 is 0 Å². The van der Waals surface area contributed by atoms with Gasteiger partial charge in [-0.25, -0.2) is 4.79 Å². The van der Waals surface area contributed by atoms with E-state index in [1.54, 1.807) is 18.1 Å². The Morgan fingerprint density at radius 1 is 1.31 bits per heavy atom. The van der Waals surface area contributed by atoms with Gasteiger partial charge in [-0.1, -0.05) is 24.3 Å². The van der Waals surface area contributed by atoms with Gasteiger partial charge in [0.1, 0.15) is 12.7 Å². The molecule has 0 fully saturated rings. The summed E-state index contributed by atoms with van der Waals surface area (Å²) in [5, 5.41) is 0. The van der Waals surface area contributed by atoms with Crippen LogP contribution in [0.25, 0.3) is 11.1 Å². The van der Waals surface area contributed by atoms with Gasteiger partial charge in [-0.3, -0.25) is 4.98 Å². The number of carbonyl (C=O) groups is 1. The van der Waals surface area contributed by atoms with Crippen molar-refractivity contribution >= 4 is 6.09 Å². The van der Waals surface area contributed by atoms with Crippen molar-refractivity contribution in [1.29, 1.82) is 0 Å². The maximum absolute atomic E-state index is 12.3. The van der Waals surface area contributed by atoms with E-state index in [4.69, 9.17) is 9.47 Å². The van der Waals surface area contributed by atoms with Crippen LogP contribution in [0.4, 0.5) is 4.79 Å². The molecule has 2 aromatic rings. The first-order valence-electron chi connectivity index (χ1n) is 8.92. The van der Waals surface area contributed by atoms with E-state index in [-0.39, 0.29) is 24.3 Å². The number of nitrogens with zero attached hydrogens (tertiary/aromatic N) is 2. The number of rotatable bonds is 3. The Hall–Kier alpha value is -2.40. The molecular formula is C21H26N2O3. The van der Waals surface area contributed by atoms with E-state index in [2.05, 4.69) is 23.2 Å². The highest BCUT2D eigenvalue weighted by Gasteiger charge is 2.27. The second-order valence-corrected chi connectivity index (χ2v) is 7.53. The van der Waals surface area contributed by atoms with Crippen LogP contribution in [0, 0.1) is 0 Å². The standard InChI is InChI=1S/C21H26N2O3/c1-21(2,3)23(4)20(24)26-14-19-18-9-5-8-16(17(18)10-12-25-19)15-7-6-11-22-13-15/h5-9,11,13,19H,10,12,14H2,1-4H3. The molecule has 1 aromatic heterocycles. The molecular weight excluding hydrogens is 328 g/mol. The lowest BCUT2D eigenvalue weighted by molar-refractivity contribution is -0.0146. The van der Waals surface area contributed by atoms with Gasteiger partial charge in [-0.05, 0) is 49.9 Å². The summed E-state index contributed by atoms with van der Waals surface area (Å²) in [5.41, 5.74) is 4.31. The smallest absolute Gasteiger partial charge is 0.410 e. The molecule has 1 aromatic carbocycles. The average molecular weight is 354 g/mol. The number of ether oxygens (including phenoxy) is 2. The van der Waals surface area contributed by atoms with Crippen molar-refractivity contribution in [3.8, 4) is 11.1 Å². The summed E-state index contributed by atoms with van der Waals surface area (Å²) < 4.78 is 11.4. The molecule has 1 atom stereocenters. The van der Waals surface area contributed by atoms with Gasteiger partial charge in [0.05, 0.1) is 6.61 Å². The van der Waals surface area contributed by atoms with E-state index in [1.807, 2.05) is 39.1 Å². The SMILES string of the molecule is CN(C(=O)OCC1OCCc2c(-c3cccnc3)cccc21)C(C)(C)C. The van der Waals surface area contributed by atoms with Crippen LogP contribution in [0.2, 0.25) is 0 Å². The van der Waals surface area contributed by atoms with Crippen molar-refractivity contribution in [3.63, 3.8) is 0 Å². The first-order chi connectivity index (χ1) is 12.4. The molecule has 0 aliphatic carbocycles. The third kappa shape index (κ3) is 3.88. The van der Waals surface area contributed by atoms with Crippen LogP contribution in [0.5, 0.6) is 0 Å². The van der Waals surface area contributed by atoms with Crippen molar-refractivity contribution in [2.45, 2.75) is 38.8 Å². The highest BCUT2D eigenvalue weighted by Crippen LogP contribution is 2.34. The molecule has 0 spiro atoms. The van der Waals surface area contributed by atoms with Gasteiger partial charge in [0.2, 0.25) is 0 Å². The third-order valence-corrected chi connectivity index (χ3v) is 4.84. The first kappa shape index (κ1) is 18.4. The number of benzene rings is 1. The second-order valence-electron chi connectivity index (χ2n) is 7.53. The predicted molar refractivity (Wildman–Crippen MR) is 101 cm³/mol. The Morgan fingerprint density at radius 3 is 2.81 bits per heavy atom. The van der Waals surface area contributed by atoms with Gasteiger partial charge in [-0.2, -0.15) is 0 Å². The van der Waals surface area contributed by atoms with Gasteiger partial charge in [0.25, 0.3) is 0 Å². The predicted octanol–water partition coefficient (Wildman–Crippen LogP) is 4.23. The summed E-state index contributed by atoms with van der Waals surface area (Å²) in [4.78, 5) is 18.1. The number of hydrogen-bond acceptors (Lipinski definition) is 4. The number of amides is 1. The molecule has 0 radical (unpaired) electrons. The number of fused-ring (bicyclic) bond motifs is 1. The summed E-state index contributed by atoms with van der Waals surface area (Å²) in [6, 6.07) is 10.2. The van der Waals surface area contributed by atoms with E-state index in [1.165, 1.54) is 11.1 Å². The number of carbonyl (C=O) groups excluding carboxylic acids is 1. The van der Waals surface area contributed by atoms with Crippen LogP contribution in [-0.4, -0.2) is 41.8 Å². The Labute approximate surface area is 155 Å². The lowest BCUT2D eigenvalue weighted by Crippen LogP contribution is -2.43. The maximum Gasteiger partial charge on any atom is 0.410 e. The van der Waals surface area contributed by atoms with Gasteiger partial charge in [0, 0.05) is 30.5 Å². The fourth-order valence-corrected chi connectivity index (χ4v) is 3.03. The van der Waals surface area contributed by atoms with Gasteiger partial charge < -0.3 is 14.4 Å². The van der Waals surface area contributed by atoms with Crippen LogP contribution < -0.4 is 0 Å². The number of pyridine rings is 1. The van der Waals surface area contributed by atoms with E-state index in [0.717, 1.165) is 17.5 Å². The van der Waals surface area contributed by atoms with Crippen LogP contribution in [0.3, 0.4) is 0 Å². The minimum absolute atomic E-state index is 0.211. The van der Waals surface area contributed by atoms with Crippen LogP contribution in [0.15, 0.2) is 42.7 Å². The molecule has 2 heterocycles. The quantitative estimate of drug-likeness (QED) is 0.828. The summed E-state index contributed by atoms with van der Waals surface area (Å²) in [6.07, 6.45) is 3.91. The molecule has 0 saturated heterocycles. The fourth-order valence-electron chi connectivity index (χ4n) is 3.03. The molecule has 0 bridgehead atoms. The van der Waals surface area contributed by atoms with Crippen molar-refractivity contribution in [2.75, 3.05) is 20.3 Å². The van der Waals surface area contributed by atoms with E-state index >= 15 is 0 Å². The summed E-state index contributed by atoms with van der Waals surface area (Å²) in [6.45, 7) is 6.74. The minimum Gasteiger partial charge on any atom is -0.446 e. The van der Waals surface area contributed by atoms with E-state index < -0.39 is 0 Å². The molecule has 1 amide bonds. The maximum atomic E-state index is 12.3. The highest BCUT2D eigenvalue weighted by molar-refractivity contribution is 5.69. The average Bonchev–Trinajstić information content (AvgIpc) is 2.65. The zero-order valence-electron chi connectivity index (χ0n) is 15.9. The molecule has 5 heteroatoms. The van der Waals surface area contributed by atoms with Gasteiger partial charge in [0.15, 0.2) is 0 Å².